The second kappa shape index (κ2) is 9.28. The molecule has 116 valence electrons. The first-order chi connectivity index (χ1) is 10.0. The quantitative estimate of drug-likeness (QED) is 0.535. The number of nitrogens with one attached hydrogen (secondary N) is 2. The number of likely N-dealkylation sites (N-methyl/N-ethyl adjacent to an activating group) is 1. The summed E-state index contributed by atoms with van der Waals surface area (Å²) in [6.07, 6.45) is 1.54. The normalized spacial score (nSPS) is 10.5. The maximum absolute atomic E-state index is 11.8. The highest BCUT2D eigenvalue weighted by molar-refractivity contribution is 6.32. The fourth-order valence-corrected chi connectivity index (χ4v) is 1.73. The molecule has 0 aromatic carbocycles. The molecule has 2 N–H and O–H groups in total. The van der Waals surface area contributed by atoms with E-state index in [-0.39, 0.29) is 30.1 Å². The van der Waals surface area contributed by atoms with Gasteiger partial charge in [-0.05, 0) is 19.2 Å². The van der Waals surface area contributed by atoms with Crippen LogP contribution in [-0.2, 0) is 14.3 Å². The maximum Gasteiger partial charge on any atom is 0.238 e. The minimum absolute atomic E-state index is 0.0723. The predicted octanol–water partition coefficient (Wildman–Crippen LogP) is 0.368. The standard InChI is InChI=1S/C13H19ClN4O3/c1-18(8-11(19)15-6-7-21-2)9-12(20)17-10-4-3-5-16-13(10)14/h3-5H,6-9H2,1-2H3,(H,15,19)(H,17,20). The molecule has 0 aliphatic heterocycles. The van der Waals surface area contributed by atoms with Gasteiger partial charge in [-0.25, -0.2) is 4.98 Å². The van der Waals surface area contributed by atoms with Gasteiger partial charge in [-0.3, -0.25) is 14.5 Å². The van der Waals surface area contributed by atoms with Crippen LogP contribution in [0.1, 0.15) is 0 Å². The Morgan fingerprint density at radius 1 is 1.38 bits per heavy atom. The number of amides is 2. The van der Waals surface area contributed by atoms with Gasteiger partial charge in [0.05, 0.1) is 25.4 Å². The number of carbonyl (C=O) groups excluding carboxylic acids is 2. The Labute approximate surface area is 128 Å². The van der Waals surface area contributed by atoms with E-state index in [0.717, 1.165) is 0 Å². The highest BCUT2D eigenvalue weighted by Crippen LogP contribution is 2.16. The molecule has 0 aliphatic carbocycles. The summed E-state index contributed by atoms with van der Waals surface area (Å²) in [7, 11) is 3.24. The van der Waals surface area contributed by atoms with Gasteiger partial charge in [0.2, 0.25) is 11.8 Å². The van der Waals surface area contributed by atoms with Crippen LogP contribution in [0.4, 0.5) is 5.69 Å². The van der Waals surface area contributed by atoms with Crippen molar-refractivity contribution < 1.29 is 14.3 Å². The van der Waals surface area contributed by atoms with Gasteiger partial charge < -0.3 is 15.4 Å². The molecule has 8 heteroatoms. The van der Waals surface area contributed by atoms with Crippen LogP contribution in [0.25, 0.3) is 0 Å². The Hall–Kier alpha value is -1.70. The van der Waals surface area contributed by atoms with Crippen molar-refractivity contribution in [3.05, 3.63) is 23.5 Å². The largest absolute Gasteiger partial charge is 0.383 e. The van der Waals surface area contributed by atoms with Crippen LogP contribution in [0.5, 0.6) is 0 Å². The lowest BCUT2D eigenvalue weighted by atomic mass is 10.4. The number of rotatable bonds is 8. The molecule has 0 fully saturated rings. The fraction of sp³-hybridized carbons (Fsp3) is 0.462. The number of aromatic nitrogens is 1. The van der Waals surface area contributed by atoms with Gasteiger partial charge in [0.1, 0.15) is 0 Å². The molecule has 1 aromatic heterocycles. The molecule has 0 saturated carbocycles. The molecule has 0 saturated heterocycles. The number of anilines is 1. The van der Waals surface area contributed by atoms with E-state index in [0.29, 0.717) is 18.8 Å². The molecule has 1 rings (SSSR count). The van der Waals surface area contributed by atoms with E-state index in [1.165, 1.54) is 6.20 Å². The van der Waals surface area contributed by atoms with Crippen LogP contribution < -0.4 is 10.6 Å². The lowest BCUT2D eigenvalue weighted by Gasteiger charge is -2.16. The molecule has 1 heterocycles. The van der Waals surface area contributed by atoms with Gasteiger partial charge in [-0.1, -0.05) is 11.6 Å². The van der Waals surface area contributed by atoms with Crippen molar-refractivity contribution in [2.75, 3.05) is 45.7 Å². The summed E-state index contributed by atoms with van der Waals surface area (Å²) in [4.78, 5) is 28.8. The second-order valence-corrected chi connectivity index (χ2v) is 4.76. The van der Waals surface area contributed by atoms with Crippen molar-refractivity contribution in [1.29, 1.82) is 0 Å². The van der Waals surface area contributed by atoms with Gasteiger partial charge in [-0.2, -0.15) is 0 Å². The van der Waals surface area contributed by atoms with Gasteiger partial charge in [0.15, 0.2) is 5.15 Å². The average molecular weight is 315 g/mol. The number of hydrogen-bond donors (Lipinski definition) is 2. The first kappa shape index (κ1) is 17.4. The van der Waals surface area contributed by atoms with Gasteiger partial charge in [-0.15, -0.1) is 0 Å². The SMILES string of the molecule is COCCNC(=O)CN(C)CC(=O)Nc1cccnc1Cl. The Morgan fingerprint density at radius 3 is 2.76 bits per heavy atom. The summed E-state index contributed by atoms with van der Waals surface area (Å²) < 4.78 is 4.83. The molecule has 1 aromatic rings. The summed E-state index contributed by atoms with van der Waals surface area (Å²) in [5, 5.41) is 5.55. The average Bonchev–Trinajstić information content (AvgIpc) is 2.41. The molecule has 0 unspecified atom stereocenters. The minimum Gasteiger partial charge on any atom is -0.383 e. The first-order valence-electron chi connectivity index (χ1n) is 6.37. The number of pyridine rings is 1. The summed E-state index contributed by atoms with van der Waals surface area (Å²) in [6.45, 7) is 1.09. The van der Waals surface area contributed by atoms with E-state index in [1.54, 1.807) is 31.2 Å². The molecule has 21 heavy (non-hydrogen) atoms. The predicted molar refractivity (Wildman–Crippen MR) is 80.3 cm³/mol. The van der Waals surface area contributed by atoms with Crippen LogP contribution in [0, 0.1) is 0 Å². The topological polar surface area (TPSA) is 83.6 Å². The maximum atomic E-state index is 11.8. The van der Waals surface area contributed by atoms with E-state index in [4.69, 9.17) is 16.3 Å². The summed E-state index contributed by atoms with van der Waals surface area (Å²) in [5.74, 6) is -0.432. The second-order valence-electron chi connectivity index (χ2n) is 4.40. The minimum atomic E-state index is -0.267. The van der Waals surface area contributed by atoms with Crippen LogP contribution >= 0.6 is 11.6 Å². The van der Waals surface area contributed by atoms with Crippen molar-refractivity contribution in [2.24, 2.45) is 0 Å². The van der Waals surface area contributed by atoms with Crippen LogP contribution in [-0.4, -0.2) is 62.1 Å². The third-order valence-electron chi connectivity index (χ3n) is 2.49. The van der Waals surface area contributed by atoms with Gasteiger partial charge in [0, 0.05) is 19.9 Å². The molecular formula is C13H19ClN4O3. The van der Waals surface area contributed by atoms with Crippen LogP contribution in [0.3, 0.4) is 0 Å². The molecule has 0 atom stereocenters. The molecule has 0 aliphatic rings. The van der Waals surface area contributed by atoms with E-state index < -0.39 is 0 Å². The Bertz CT molecular complexity index is 484. The summed E-state index contributed by atoms with van der Waals surface area (Å²) in [6, 6.07) is 3.33. The zero-order valence-electron chi connectivity index (χ0n) is 12.1. The molecule has 2 amide bonds. The Morgan fingerprint density at radius 2 is 2.10 bits per heavy atom. The Kier molecular flexibility index (Phi) is 7.66. The van der Waals surface area contributed by atoms with Crippen molar-refractivity contribution in [1.82, 2.24) is 15.2 Å². The lowest BCUT2D eigenvalue weighted by molar-refractivity contribution is -0.123. The Balaban J connectivity index is 2.34. The highest BCUT2D eigenvalue weighted by Gasteiger charge is 2.11. The number of methoxy groups -OCH3 is 1. The smallest absolute Gasteiger partial charge is 0.238 e. The summed E-state index contributed by atoms with van der Waals surface area (Å²) >= 11 is 5.84. The highest BCUT2D eigenvalue weighted by atomic mass is 35.5. The first-order valence-corrected chi connectivity index (χ1v) is 6.75. The number of carbonyl (C=O) groups is 2. The molecule has 7 nitrogen and oxygen atoms in total. The van der Waals surface area contributed by atoms with Gasteiger partial charge >= 0.3 is 0 Å². The van der Waals surface area contributed by atoms with Crippen molar-refractivity contribution in [2.45, 2.75) is 0 Å². The molecular weight excluding hydrogens is 296 g/mol. The lowest BCUT2D eigenvalue weighted by Crippen LogP contribution is -2.39. The molecule has 0 bridgehead atoms. The number of halogens is 1. The third-order valence-corrected chi connectivity index (χ3v) is 2.79. The molecule has 0 spiro atoms. The van der Waals surface area contributed by atoms with E-state index in [1.807, 2.05) is 0 Å². The van der Waals surface area contributed by atoms with Gasteiger partial charge in [0.25, 0.3) is 0 Å². The third kappa shape index (κ3) is 7.03. The molecule has 0 radical (unpaired) electrons. The van der Waals surface area contributed by atoms with E-state index >= 15 is 0 Å². The van der Waals surface area contributed by atoms with Crippen molar-refractivity contribution in [3.8, 4) is 0 Å². The zero-order chi connectivity index (χ0) is 15.7. The monoisotopic (exact) mass is 314 g/mol. The zero-order valence-corrected chi connectivity index (χ0v) is 12.8. The van der Waals surface area contributed by atoms with Crippen molar-refractivity contribution >= 4 is 29.1 Å². The van der Waals surface area contributed by atoms with E-state index in [2.05, 4.69) is 15.6 Å². The van der Waals surface area contributed by atoms with Crippen molar-refractivity contribution in [3.63, 3.8) is 0 Å². The summed E-state index contributed by atoms with van der Waals surface area (Å²) in [5.41, 5.74) is 0.446. The number of nitrogens with zero attached hydrogens (tertiary/aromatic N) is 2. The number of ether oxygens (including phenoxy) is 1. The fourth-order valence-electron chi connectivity index (χ4n) is 1.56. The number of hydrogen-bond acceptors (Lipinski definition) is 5. The van der Waals surface area contributed by atoms with Crippen LogP contribution in [0.2, 0.25) is 5.15 Å². The van der Waals surface area contributed by atoms with E-state index in [9.17, 15) is 9.59 Å². The van der Waals surface area contributed by atoms with Crippen LogP contribution in [0.15, 0.2) is 18.3 Å².